The Morgan fingerprint density at radius 1 is 0.963 bits per heavy atom. The minimum Gasteiger partial charge on any atom is -0.481 e. The van der Waals surface area contributed by atoms with Crippen molar-refractivity contribution in [1.82, 2.24) is 4.90 Å². The lowest BCUT2D eigenvalue weighted by molar-refractivity contribution is -0.145. The summed E-state index contributed by atoms with van der Waals surface area (Å²) in [6.07, 6.45) is 5.53. The van der Waals surface area contributed by atoms with E-state index in [4.69, 9.17) is 0 Å². The molecule has 0 fully saturated rings. The molecule has 27 heavy (non-hydrogen) atoms. The summed E-state index contributed by atoms with van der Waals surface area (Å²) in [6.45, 7) is -0.209. The fourth-order valence-electron chi connectivity index (χ4n) is 3.77. The van der Waals surface area contributed by atoms with Crippen LogP contribution in [0, 0.1) is 5.41 Å². The van der Waals surface area contributed by atoms with Gasteiger partial charge in [-0.2, -0.15) is 0 Å². The topological polar surface area (TPSA) is 74.7 Å². The van der Waals surface area contributed by atoms with Crippen molar-refractivity contribution in [3.8, 4) is 0 Å². The van der Waals surface area contributed by atoms with Crippen LogP contribution in [0.25, 0.3) is 5.57 Å². The lowest BCUT2D eigenvalue weighted by Gasteiger charge is -2.35. The second-order valence-corrected chi connectivity index (χ2v) is 6.71. The molecule has 5 heteroatoms. The van der Waals surface area contributed by atoms with Gasteiger partial charge in [0.1, 0.15) is 5.41 Å². The molecule has 1 heterocycles. The number of hydrogen-bond acceptors (Lipinski definition) is 3. The quantitative estimate of drug-likeness (QED) is 0.849. The highest BCUT2D eigenvalue weighted by Crippen LogP contribution is 2.43. The van der Waals surface area contributed by atoms with E-state index in [-0.39, 0.29) is 13.0 Å². The van der Waals surface area contributed by atoms with E-state index in [1.807, 2.05) is 36.4 Å². The van der Waals surface area contributed by atoms with Crippen molar-refractivity contribution in [2.75, 3.05) is 6.54 Å². The Labute approximate surface area is 156 Å². The van der Waals surface area contributed by atoms with Crippen LogP contribution in [0.3, 0.4) is 0 Å². The maximum absolute atomic E-state index is 12.8. The Bertz CT molecular complexity index is 971. The number of benzene rings is 2. The summed E-state index contributed by atoms with van der Waals surface area (Å²) in [5.74, 6) is -1.95. The van der Waals surface area contributed by atoms with Gasteiger partial charge in [-0.15, -0.1) is 0 Å². The fraction of sp³-hybridized carbons (Fsp3) is 0.136. The molecule has 5 nitrogen and oxygen atoms in total. The van der Waals surface area contributed by atoms with E-state index >= 15 is 0 Å². The first-order valence-corrected chi connectivity index (χ1v) is 8.66. The molecule has 0 saturated carbocycles. The summed E-state index contributed by atoms with van der Waals surface area (Å²) in [6, 6.07) is 15.8. The van der Waals surface area contributed by atoms with Gasteiger partial charge in [0, 0.05) is 6.54 Å². The van der Waals surface area contributed by atoms with Crippen LogP contribution in [0.2, 0.25) is 0 Å². The normalized spacial score (nSPS) is 21.2. The third-order valence-electron chi connectivity index (χ3n) is 5.18. The number of carboxylic acid groups (broad SMARTS) is 1. The second-order valence-electron chi connectivity index (χ2n) is 6.71. The highest BCUT2D eigenvalue weighted by atomic mass is 16.4. The molecule has 2 amide bonds. The average molecular weight is 359 g/mol. The molecule has 2 aromatic rings. The van der Waals surface area contributed by atoms with E-state index in [1.54, 1.807) is 36.4 Å². The largest absolute Gasteiger partial charge is 0.481 e. The number of imide groups is 1. The van der Waals surface area contributed by atoms with Crippen molar-refractivity contribution < 1.29 is 19.5 Å². The molecule has 1 aliphatic heterocycles. The number of fused-ring (bicyclic) bond motifs is 1. The summed E-state index contributed by atoms with van der Waals surface area (Å²) < 4.78 is 0. The molecule has 1 atom stereocenters. The van der Waals surface area contributed by atoms with Crippen molar-refractivity contribution >= 4 is 23.4 Å². The summed E-state index contributed by atoms with van der Waals surface area (Å²) in [7, 11) is 0. The van der Waals surface area contributed by atoms with Crippen molar-refractivity contribution in [2.24, 2.45) is 5.41 Å². The minimum atomic E-state index is -1.39. The first-order valence-electron chi connectivity index (χ1n) is 8.66. The summed E-state index contributed by atoms with van der Waals surface area (Å²) >= 11 is 0. The van der Waals surface area contributed by atoms with Gasteiger partial charge in [-0.25, -0.2) is 0 Å². The maximum atomic E-state index is 12.8. The van der Waals surface area contributed by atoms with Gasteiger partial charge in [0.15, 0.2) is 0 Å². The molecule has 0 radical (unpaired) electrons. The van der Waals surface area contributed by atoms with Gasteiger partial charge in [0.05, 0.1) is 11.1 Å². The number of rotatable bonds is 4. The van der Waals surface area contributed by atoms with Gasteiger partial charge in [-0.1, -0.05) is 60.7 Å². The van der Waals surface area contributed by atoms with Gasteiger partial charge in [0.2, 0.25) is 0 Å². The average Bonchev–Trinajstić information content (AvgIpc) is 2.94. The lowest BCUT2D eigenvalue weighted by atomic mass is 9.71. The maximum Gasteiger partial charge on any atom is 0.316 e. The molecular formula is C22H17NO4. The summed E-state index contributed by atoms with van der Waals surface area (Å²) in [5.41, 5.74) is 0.610. The third-order valence-corrected chi connectivity index (χ3v) is 5.18. The highest BCUT2D eigenvalue weighted by Gasteiger charge is 2.48. The van der Waals surface area contributed by atoms with Crippen molar-refractivity contribution in [3.63, 3.8) is 0 Å². The van der Waals surface area contributed by atoms with E-state index in [0.717, 1.165) is 10.5 Å². The third kappa shape index (κ3) is 2.59. The molecular weight excluding hydrogens is 342 g/mol. The molecule has 4 rings (SSSR count). The second kappa shape index (κ2) is 6.36. The van der Waals surface area contributed by atoms with Crippen LogP contribution >= 0.6 is 0 Å². The van der Waals surface area contributed by atoms with Gasteiger partial charge in [-0.05, 0) is 29.7 Å². The fourth-order valence-corrected chi connectivity index (χ4v) is 3.77. The number of hydrogen-bond donors (Lipinski definition) is 1. The van der Waals surface area contributed by atoms with Crippen LogP contribution in [-0.2, 0) is 4.79 Å². The SMILES string of the molecule is O=C1c2ccccc2C(=O)N1CC1(C(=O)O)CC=CC=C1c1ccccc1. The first-order chi connectivity index (χ1) is 13.0. The van der Waals surface area contributed by atoms with Crippen LogP contribution in [0.5, 0.6) is 0 Å². The van der Waals surface area contributed by atoms with Crippen LogP contribution in [0.15, 0.2) is 72.8 Å². The predicted octanol–water partition coefficient (Wildman–Crippen LogP) is 3.40. The van der Waals surface area contributed by atoms with Crippen molar-refractivity contribution in [1.29, 1.82) is 0 Å². The standard InChI is InChI=1S/C22H17NO4/c24-19-16-10-4-5-11-17(16)20(25)23(19)14-22(21(26)27)13-7-6-12-18(22)15-8-2-1-3-9-15/h1-12H,13-14H2,(H,26,27). The Morgan fingerprint density at radius 2 is 1.56 bits per heavy atom. The summed E-state index contributed by atoms with van der Waals surface area (Å²) in [5, 5.41) is 10.1. The smallest absolute Gasteiger partial charge is 0.316 e. The number of carbonyl (C=O) groups is 3. The van der Waals surface area contributed by atoms with E-state index in [0.29, 0.717) is 16.7 Å². The monoisotopic (exact) mass is 359 g/mol. The molecule has 1 aliphatic carbocycles. The number of nitrogens with zero attached hydrogens (tertiary/aromatic N) is 1. The van der Waals surface area contributed by atoms with Gasteiger partial charge in [0.25, 0.3) is 11.8 Å². The summed E-state index contributed by atoms with van der Waals surface area (Å²) in [4.78, 5) is 39.0. The molecule has 134 valence electrons. The minimum absolute atomic E-state index is 0.205. The highest BCUT2D eigenvalue weighted by molar-refractivity contribution is 6.21. The van der Waals surface area contributed by atoms with Gasteiger partial charge in [-0.3, -0.25) is 19.3 Å². The number of allylic oxidation sites excluding steroid dienone is 3. The Balaban J connectivity index is 1.77. The van der Waals surface area contributed by atoms with Gasteiger partial charge >= 0.3 is 5.97 Å². The zero-order chi connectivity index (χ0) is 19.0. The van der Waals surface area contributed by atoms with Crippen molar-refractivity contribution in [3.05, 3.63) is 89.5 Å². The number of carboxylic acids is 1. The molecule has 2 aliphatic rings. The number of aliphatic carboxylic acids is 1. The molecule has 0 aromatic heterocycles. The molecule has 0 saturated heterocycles. The zero-order valence-corrected chi connectivity index (χ0v) is 14.5. The molecule has 0 spiro atoms. The Morgan fingerprint density at radius 3 is 2.15 bits per heavy atom. The van der Waals surface area contributed by atoms with Crippen LogP contribution in [-0.4, -0.2) is 34.3 Å². The van der Waals surface area contributed by atoms with E-state index in [1.165, 1.54) is 0 Å². The predicted molar refractivity (Wildman–Crippen MR) is 100 cm³/mol. The molecule has 0 bridgehead atoms. The van der Waals surface area contributed by atoms with Crippen LogP contribution < -0.4 is 0 Å². The van der Waals surface area contributed by atoms with E-state index in [9.17, 15) is 19.5 Å². The van der Waals surface area contributed by atoms with E-state index in [2.05, 4.69) is 0 Å². The number of carbonyl (C=O) groups excluding carboxylic acids is 2. The van der Waals surface area contributed by atoms with Crippen LogP contribution in [0.4, 0.5) is 0 Å². The van der Waals surface area contributed by atoms with E-state index < -0.39 is 23.2 Å². The van der Waals surface area contributed by atoms with Crippen LogP contribution in [0.1, 0.15) is 32.7 Å². The first kappa shape index (κ1) is 17.0. The lowest BCUT2D eigenvalue weighted by Crippen LogP contribution is -2.46. The zero-order valence-electron chi connectivity index (χ0n) is 14.5. The molecule has 1 N–H and O–H groups in total. The molecule has 1 unspecified atom stereocenters. The Kier molecular flexibility index (Phi) is 4.00. The molecule has 2 aromatic carbocycles. The Hall–Kier alpha value is -3.47. The van der Waals surface area contributed by atoms with Gasteiger partial charge < -0.3 is 5.11 Å². The number of amides is 2. The van der Waals surface area contributed by atoms with Crippen molar-refractivity contribution in [2.45, 2.75) is 6.42 Å².